The zero-order valence-corrected chi connectivity index (χ0v) is 11.7. The lowest BCUT2D eigenvalue weighted by molar-refractivity contribution is 0.00852. The third-order valence-electron chi connectivity index (χ3n) is 3.02. The summed E-state index contributed by atoms with van der Waals surface area (Å²) < 4.78 is 10.0. The standard InChI is InChI=1S/C11H18N4OS/c1-7-8-9(14(4)13-7)15(10(17)12-8)6-11(2,3)16-5/h6H2,1-5H3,(H,12,17). The van der Waals surface area contributed by atoms with Crippen molar-refractivity contribution in [2.75, 3.05) is 7.11 Å². The van der Waals surface area contributed by atoms with Crippen LogP contribution in [0, 0.1) is 11.7 Å². The number of aromatic nitrogens is 4. The Labute approximate surface area is 105 Å². The average molecular weight is 254 g/mol. The summed E-state index contributed by atoms with van der Waals surface area (Å²) in [6.07, 6.45) is 0. The lowest BCUT2D eigenvalue weighted by Crippen LogP contribution is -2.29. The number of nitrogens with one attached hydrogen (secondary N) is 1. The van der Waals surface area contributed by atoms with E-state index in [0.717, 1.165) is 16.9 Å². The average Bonchev–Trinajstić information content (AvgIpc) is 2.68. The first-order chi connectivity index (χ1) is 7.85. The molecule has 0 fully saturated rings. The third kappa shape index (κ3) is 2.02. The first kappa shape index (κ1) is 12.3. The van der Waals surface area contributed by atoms with Gasteiger partial charge in [-0.1, -0.05) is 0 Å². The largest absolute Gasteiger partial charge is 0.377 e. The van der Waals surface area contributed by atoms with Gasteiger partial charge in [0.1, 0.15) is 5.52 Å². The van der Waals surface area contributed by atoms with Crippen molar-refractivity contribution >= 4 is 23.4 Å². The van der Waals surface area contributed by atoms with E-state index in [2.05, 4.69) is 10.1 Å². The predicted octanol–water partition coefficient (Wildman–Crippen LogP) is 2.17. The van der Waals surface area contributed by atoms with Crippen LogP contribution in [0.4, 0.5) is 0 Å². The molecule has 94 valence electrons. The Hall–Kier alpha value is -1.14. The Morgan fingerprint density at radius 2 is 2.12 bits per heavy atom. The molecule has 2 aromatic rings. The molecule has 0 radical (unpaired) electrons. The van der Waals surface area contributed by atoms with Gasteiger partial charge in [0, 0.05) is 14.2 Å². The highest BCUT2D eigenvalue weighted by atomic mass is 32.1. The number of ether oxygens (including phenoxy) is 1. The van der Waals surface area contributed by atoms with Crippen molar-refractivity contribution in [1.82, 2.24) is 19.3 Å². The summed E-state index contributed by atoms with van der Waals surface area (Å²) in [4.78, 5) is 3.20. The van der Waals surface area contributed by atoms with E-state index in [1.807, 2.05) is 37.1 Å². The van der Waals surface area contributed by atoms with Gasteiger partial charge in [-0.2, -0.15) is 5.10 Å². The summed E-state index contributed by atoms with van der Waals surface area (Å²) >= 11 is 5.35. The minimum absolute atomic E-state index is 0.258. The van der Waals surface area contributed by atoms with E-state index in [1.54, 1.807) is 7.11 Å². The fourth-order valence-corrected chi connectivity index (χ4v) is 2.22. The molecule has 5 nitrogen and oxygen atoms in total. The van der Waals surface area contributed by atoms with Crippen LogP contribution in [0.5, 0.6) is 0 Å². The minimum Gasteiger partial charge on any atom is -0.377 e. The van der Waals surface area contributed by atoms with Crippen LogP contribution < -0.4 is 0 Å². The van der Waals surface area contributed by atoms with E-state index >= 15 is 0 Å². The normalized spacial score (nSPS) is 12.5. The van der Waals surface area contributed by atoms with Gasteiger partial charge >= 0.3 is 0 Å². The fraction of sp³-hybridized carbons (Fsp3) is 0.636. The quantitative estimate of drug-likeness (QED) is 0.854. The second kappa shape index (κ2) is 3.96. The van der Waals surface area contributed by atoms with Gasteiger partial charge in [0.2, 0.25) is 0 Å². The highest BCUT2D eigenvalue weighted by Gasteiger charge is 2.21. The lowest BCUT2D eigenvalue weighted by Gasteiger charge is -2.23. The van der Waals surface area contributed by atoms with Crippen LogP contribution in [0.25, 0.3) is 11.2 Å². The molecule has 0 aliphatic heterocycles. The second-order valence-corrected chi connectivity index (χ2v) is 5.27. The van der Waals surface area contributed by atoms with Gasteiger partial charge in [0.25, 0.3) is 0 Å². The molecule has 0 bridgehead atoms. The Morgan fingerprint density at radius 1 is 1.47 bits per heavy atom. The Balaban J connectivity index is 2.61. The minimum atomic E-state index is -0.258. The lowest BCUT2D eigenvalue weighted by atomic mass is 10.1. The first-order valence-corrected chi connectivity index (χ1v) is 5.94. The number of H-pyrrole nitrogens is 1. The molecule has 0 unspecified atom stereocenters. The van der Waals surface area contributed by atoms with Gasteiger partial charge in [0.15, 0.2) is 10.4 Å². The number of methoxy groups -OCH3 is 1. The predicted molar refractivity (Wildman–Crippen MR) is 69.7 cm³/mol. The number of hydrogen-bond acceptors (Lipinski definition) is 3. The van der Waals surface area contributed by atoms with Gasteiger partial charge in [-0.05, 0) is 33.0 Å². The molecule has 2 heterocycles. The zero-order valence-electron chi connectivity index (χ0n) is 10.9. The highest BCUT2D eigenvalue weighted by molar-refractivity contribution is 7.71. The van der Waals surface area contributed by atoms with Crippen LogP contribution in [-0.2, 0) is 18.3 Å². The molecular formula is C11H18N4OS. The van der Waals surface area contributed by atoms with Crippen molar-refractivity contribution in [1.29, 1.82) is 0 Å². The van der Waals surface area contributed by atoms with E-state index in [4.69, 9.17) is 17.0 Å². The van der Waals surface area contributed by atoms with Crippen LogP contribution in [0.15, 0.2) is 0 Å². The molecule has 0 amide bonds. The van der Waals surface area contributed by atoms with Crippen LogP contribution in [-0.4, -0.2) is 32.0 Å². The van der Waals surface area contributed by atoms with Gasteiger partial charge in [-0.25, -0.2) is 0 Å². The van der Waals surface area contributed by atoms with Crippen molar-refractivity contribution in [3.05, 3.63) is 10.5 Å². The van der Waals surface area contributed by atoms with E-state index in [9.17, 15) is 0 Å². The molecule has 0 spiro atoms. The maximum atomic E-state index is 5.45. The van der Waals surface area contributed by atoms with Crippen molar-refractivity contribution in [3.63, 3.8) is 0 Å². The van der Waals surface area contributed by atoms with E-state index in [-0.39, 0.29) is 5.60 Å². The Morgan fingerprint density at radius 3 is 2.71 bits per heavy atom. The SMILES string of the molecule is COC(C)(C)Cn1c(=S)[nH]c2c(C)nn(C)c21. The molecule has 0 saturated carbocycles. The van der Waals surface area contributed by atoms with Crippen LogP contribution in [0.1, 0.15) is 19.5 Å². The molecule has 0 saturated heterocycles. The Kier molecular flexibility index (Phi) is 2.87. The summed E-state index contributed by atoms with van der Waals surface area (Å²) in [5.74, 6) is 0. The van der Waals surface area contributed by atoms with Gasteiger partial charge in [0.05, 0.1) is 17.8 Å². The maximum absolute atomic E-state index is 5.45. The van der Waals surface area contributed by atoms with Crippen LogP contribution >= 0.6 is 12.2 Å². The number of imidazole rings is 1. The number of nitrogens with zero attached hydrogens (tertiary/aromatic N) is 3. The maximum Gasteiger partial charge on any atom is 0.179 e. The fourth-order valence-electron chi connectivity index (χ4n) is 1.96. The van der Waals surface area contributed by atoms with Gasteiger partial charge in [-0.15, -0.1) is 0 Å². The number of rotatable bonds is 3. The van der Waals surface area contributed by atoms with Crippen LogP contribution in [0.3, 0.4) is 0 Å². The van der Waals surface area contributed by atoms with Gasteiger partial charge in [-0.3, -0.25) is 9.25 Å². The first-order valence-electron chi connectivity index (χ1n) is 5.53. The number of fused-ring (bicyclic) bond motifs is 1. The molecule has 1 N–H and O–H groups in total. The van der Waals surface area contributed by atoms with E-state index in [1.165, 1.54) is 0 Å². The van der Waals surface area contributed by atoms with E-state index < -0.39 is 0 Å². The smallest absolute Gasteiger partial charge is 0.179 e. The van der Waals surface area contributed by atoms with E-state index in [0.29, 0.717) is 11.3 Å². The van der Waals surface area contributed by atoms with Crippen molar-refractivity contribution in [3.8, 4) is 0 Å². The molecule has 0 atom stereocenters. The number of hydrogen-bond donors (Lipinski definition) is 1. The topological polar surface area (TPSA) is 47.8 Å². The molecule has 2 rings (SSSR count). The zero-order chi connectivity index (χ0) is 12.8. The summed E-state index contributed by atoms with van der Waals surface area (Å²) in [5, 5.41) is 4.39. The summed E-state index contributed by atoms with van der Waals surface area (Å²) in [6.45, 7) is 6.74. The summed E-state index contributed by atoms with van der Waals surface area (Å²) in [6, 6.07) is 0. The second-order valence-electron chi connectivity index (χ2n) is 4.89. The van der Waals surface area contributed by atoms with Crippen molar-refractivity contribution < 1.29 is 4.74 Å². The molecule has 2 aromatic heterocycles. The number of aryl methyl sites for hydroxylation is 2. The summed E-state index contributed by atoms with van der Waals surface area (Å²) in [5.41, 5.74) is 2.72. The summed E-state index contributed by atoms with van der Waals surface area (Å²) in [7, 11) is 3.64. The number of aromatic amines is 1. The monoisotopic (exact) mass is 254 g/mol. The highest BCUT2D eigenvalue weighted by Crippen LogP contribution is 2.20. The third-order valence-corrected chi connectivity index (χ3v) is 3.34. The molecule has 0 aromatic carbocycles. The van der Waals surface area contributed by atoms with Crippen LogP contribution in [0.2, 0.25) is 0 Å². The molecule has 0 aliphatic carbocycles. The molecule has 17 heavy (non-hydrogen) atoms. The molecular weight excluding hydrogens is 236 g/mol. The Bertz CT molecular complexity index is 605. The van der Waals surface area contributed by atoms with Crippen molar-refractivity contribution in [2.45, 2.75) is 32.9 Å². The molecule has 0 aliphatic rings. The molecule has 6 heteroatoms. The van der Waals surface area contributed by atoms with Gasteiger partial charge < -0.3 is 9.72 Å². The van der Waals surface area contributed by atoms with Crippen molar-refractivity contribution in [2.24, 2.45) is 7.05 Å².